The Morgan fingerprint density at radius 3 is 2.85 bits per heavy atom. The van der Waals surface area contributed by atoms with Crippen molar-refractivity contribution in [2.45, 2.75) is 24.2 Å². The summed E-state index contributed by atoms with van der Waals surface area (Å²) in [6.45, 7) is 4.16. The molecule has 0 spiro atoms. The van der Waals surface area contributed by atoms with Crippen LogP contribution in [0.15, 0.2) is 87.5 Å². The van der Waals surface area contributed by atoms with Gasteiger partial charge in [0.05, 0.1) is 28.2 Å². The van der Waals surface area contributed by atoms with Crippen molar-refractivity contribution in [2.75, 3.05) is 5.75 Å². The molecule has 0 N–H and O–H groups in total. The molecule has 1 atom stereocenters. The maximum absolute atomic E-state index is 14.4. The first-order chi connectivity index (χ1) is 16.7. The van der Waals surface area contributed by atoms with Crippen molar-refractivity contribution in [1.82, 2.24) is 19.8 Å². The molecule has 0 saturated heterocycles. The van der Waals surface area contributed by atoms with Gasteiger partial charge in [0.1, 0.15) is 17.6 Å². The van der Waals surface area contributed by atoms with Crippen LogP contribution in [-0.4, -0.2) is 37.1 Å². The Bertz CT molecular complexity index is 1330. The summed E-state index contributed by atoms with van der Waals surface area (Å²) in [6.07, 6.45) is 3.86. The van der Waals surface area contributed by atoms with E-state index in [0.29, 0.717) is 35.3 Å². The molecule has 4 heterocycles. The molecule has 1 aliphatic rings. The number of carbonyl (C=O) groups excluding carboxylic acids is 1. The summed E-state index contributed by atoms with van der Waals surface area (Å²) < 4.78 is 21.7. The quantitative estimate of drug-likeness (QED) is 0.243. The molecule has 1 unspecified atom stereocenters. The summed E-state index contributed by atoms with van der Waals surface area (Å²) >= 11 is 2.82. The number of thioether (sulfide) groups is 1. The minimum atomic E-state index is -0.387. The van der Waals surface area contributed by atoms with E-state index in [1.165, 1.54) is 22.8 Å². The smallest absolute Gasteiger partial charge is 0.253 e. The Labute approximate surface area is 203 Å². The van der Waals surface area contributed by atoms with Crippen molar-refractivity contribution in [3.05, 3.63) is 89.3 Å². The number of hydrogen-bond donors (Lipinski definition) is 0. The highest BCUT2D eigenvalue weighted by atomic mass is 32.2. The molecule has 5 rings (SSSR count). The van der Waals surface area contributed by atoms with E-state index in [-0.39, 0.29) is 23.5 Å². The lowest BCUT2D eigenvalue weighted by Gasteiger charge is -2.19. The Kier molecular flexibility index (Phi) is 6.41. The standard InChI is InChI=1S/C24H20FN5O2S2/c1-2-11-29-23(16-7-3-4-8-17(16)25)26-27-24(29)34-15-22(31)30-19(20-9-5-12-32-20)14-18(28-30)21-10-6-13-33-21/h2-10,12-13,19H,1,11,14-15H2. The Hall–Kier alpha value is -3.50. The lowest BCUT2D eigenvalue weighted by molar-refractivity contribution is -0.130. The fraction of sp³-hybridized carbons (Fsp3) is 0.167. The SMILES string of the molecule is C=CCn1c(SCC(=O)N2N=C(c3cccs3)CC2c2ccco2)nnc1-c1ccccc1F. The Morgan fingerprint density at radius 1 is 1.24 bits per heavy atom. The molecule has 4 aromatic rings. The van der Waals surface area contributed by atoms with Crippen LogP contribution in [0.5, 0.6) is 0 Å². The number of hydrazone groups is 1. The molecule has 0 saturated carbocycles. The largest absolute Gasteiger partial charge is 0.467 e. The maximum atomic E-state index is 14.4. The molecule has 10 heteroatoms. The highest BCUT2D eigenvalue weighted by Gasteiger charge is 2.35. The second-order valence-electron chi connectivity index (χ2n) is 7.47. The van der Waals surface area contributed by atoms with Gasteiger partial charge in [-0.2, -0.15) is 5.10 Å². The van der Waals surface area contributed by atoms with Gasteiger partial charge in [0, 0.05) is 13.0 Å². The minimum Gasteiger partial charge on any atom is -0.467 e. The molecule has 1 aliphatic heterocycles. The molecule has 0 radical (unpaired) electrons. The summed E-state index contributed by atoms with van der Waals surface area (Å²) in [6, 6.07) is 13.7. The van der Waals surface area contributed by atoms with E-state index in [2.05, 4.69) is 21.9 Å². The average molecular weight is 494 g/mol. The highest BCUT2D eigenvalue weighted by molar-refractivity contribution is 7.99. The second kappa shape index (κ2) is 9.78. The van der Waals surface area contributed by atoms with Crippen molar-refractivity contribution in [1.29, 1.82) is 0 Å². The molecule has 3 aromatic heterocycles. The second-order valence-corrected chi connectivity index (χ2v) is 9.36. The Morgan fingerprint density at radius 2 is 2.12 bits per heavy atom. The third-order valence-corrected chi connectivity index (χ3v) is 7.18. The van der Waals surface area contributed by atoms with Crippen LogP contribution in [0.4, 0.5) is 4.39 Å². The lowest BCUT2D eigenvalue weighted by atomic mass is 10.1. The number of allylic oxidation sites excluding steroid dienone is 1. The summed E-state index contributed by atoms with van der Waals surface area (Å²) in [5.41, 5.74) is 1.20. The molecule has 34 heavy (non-hydrogen) atoms. The summed E-state index contributed by atoms with van der Waals surface area (Å²) in [7, 11) is 0. The van der Waals surface area contributed by atoms with Crippen LogP contribution in [0.3, 0.4) is 0 Å². The summed E-state index contributed by atoms with van der Waals surface area (Å²) in [5, 5.41) is 17.0. The van der Waals surface area contributed by atoms with Crippen LogP contribution in [0.2, 0.25) is 0 Å². The zero-order valence-corrected chi connectivity index (χ0v) is 19.6. The average Bonchev–Trinajstić information content (AvgIpc) is 3.65. The van der Waals surface area contributed by atoms with Gasteiger partial charge < -0.3 is 4.42 Å². The van der Waals surface area contributed by atoms with Crippen LogP contribution in [0, 0.1) is 5.82 Å². The third-order valence-electron chi connectivity index (χ3n) is 5.31. The van der Waals surface area contributed by atoms with Crippen molar-refractivity contribution >= 4 is 34.7 Å². The highest BCUT2D eigenvalue weighted by Crippen LogP contribution is 2.35. The normalized spacial score (nSPS) is 15.5. The number of nitrogens with zero attached hydrogens (tertiary/aromatic N) is 5. The van der Waals surface area contributed by atoms with Gasteiger partial charge in [0.15, 0.2) is 11.0 Å². The molecular formula is C24H20FN5O2S2. The predicted octanol–water partition coefficient (Wildman–Crippen LogP) is 5.39. The number of halogens is 1. The van der Waals surface area contributed by atoms with E-state index in [0.717, 1.165) is 10.6 Å². The zero-order valence-electron chi connectivity index (χ0n) is 18.0. The number of rotatable bonds is 8. The topological polar surface area (TPSA) is 76.5 Å². The fourth-order valence-electron chi connectivity index (χ4n) is 3.76. The van der Waals surface area contributed by atoms with Gasteiger partial charge in [0.25, 0.3) is 5.91 Å². The van der Waals surface area contributed by atoms with E-state index >= 15 is 0 Å². The molecule has 172 valence electrons. The summed E-state index contributed by atoms with van der Waals surface area (Å²) in [5.74, 6) is 0.594. The number of hydrogen-bond acceptors (Lipinski definition) is 7. The summed E-state index contributed by atoms with van der Waals surface area (Å²) in [4.78, 5) is 14.3. The first kappa shape index (κ1) is 22.3. The fourth-order valence-corrected chi connectivity index (χ4v) is 5.28. The van der Waals surface area contributed by atoms with Crippen molar-refractivity contribution < 1.29 is 13.6 Å². The van der Waals surface area contributed by atoms with Crippen molar-refractivity contribution in [2.24, 2.45) is 5.10 Å². The van der Waals surface area contributed by atoms with Gasteiger partial charge in [-0.25, -0.2) is 9.40 Å². The molecule has 0 bridgehead atoms. The number of amides is 1. The molecule has 0 fully saturated rings. The Balaban J connectivity index is 1.38. The monoisotopic (exact) mass is 493 g/mol. The lowest BCUT2D eigenvalue weighted by Crippen LogP contribution is -2.28. The zero-order chi connectivity index (χ0) is 23.5. The molecular weight excluding hydrogens is 473 g/mol. The molecule has 1 aromatic carbocycles. The van der Waals surface area contributed by atoms with E-state index < -0.39 is 0 Å². The van der Waals surface area contributed by atoms with Gasteiger partial charge in [-0.3, -0.25) is 9.36 Å². The van der Waals surface area contributed by atoms with Gasteiger partial charge in [-0.1, -0.05) is 36.0 Å². The van der Waals surface area contributed by atoms with Crippen LogP contribution in [0.1, 0.15) is 23.1 Å². The maximum Gasteiger partial charge on any atom is 0.253 e. The van der Waals surface area contributed by atoms with E-state index in [4.69, 9.17) is 4.42 Å². The van der Waals surface area contributed by atoms with E-state index in [1.807, 2.05) is 23.6 Å². The van der Waals surface area contributed by atoms with Crippen LogP contribution in [-0.2, 0) is 11.3 Å². The van der Waals surface area contributed by atoms with Crippen molar-refractivity contribution in [3.63, 3.8) is 0 Å². The third kappa shape index (κ3) is 4.34. The van der Waals surface area contributed by atoms with E-state index in [1.54, 1.807) is 52.5 Å². The number of benzene rings is 1. The number of carbonyl (C=O) groups is 1. The van der Waals surface area contributed by atoms with Crippen LogP contribution in [0.25, 0.3) is 11.4 Å². The number of aromatic nitrogens is 3. The molecule has 0 aliphatic carbocycles. The van der Waals surface area contributed by atoms with Gasteiger partial charge in [-0.05, 0) is 35.7 Å². The molecule has 7 nitrogen and oxygen atoms in total. The minimum absolute atomic E-state index is 0.0883. The van der Waals surface area contributed by atoms with Crippen molar-refractivity contribution in [3.8, 4) is 11.4 Å². The predicted molar refractivity (Wildman–Crippen MR) is 130 cm³/mol. The van der Waals surface area contributed by atoms with Gasteiger partial charge >= 0.3 is 0 Å². The van der Waals surface area contributed by atoms with Gasteiger partial charge in [-0.15, -0.1) is 28.1 Å². The number of furan rings is 1. The van der Waals surface area contributed by atoms with Crippen LogP contribution >= 0.6 is 23.1 Å². The molecule has 1 amide bonds. The van der Waals surface area contributed by atoms with Crippen LogP contribution < -0.4 is 0 Å². The van der Waals surface area contributed by atoms with Gasteiger partial charge in [0.2, 0.25) is 0 Å². The first-order valence-corrected chi connectivity index (χ1v) is 12.4. The van der Waals surface area contributed by atoms with E-state index in [9.17, 15) is 9.18 Å². The first-order valence-electron chi connectivity index (χ1n) is 10.5. The number of thiophene rings is 1.